The standard InChI is InChI=1S/C11H8F3NO/c12-8-3-6(4-9(13)11(8)14)10-2-1-7(5-15)16-10/h1-4H,5,15H2. The van der Waals surface area contributed by atoms with E-state index in [1.807, 2.05) is 0 Å². The van der Waals surface area contributed by atoms with Gasteiger partial charge in [0.05, 0.1) is 6.54 Å². The Morgan fingerprint density at radius 1 is 1.06 bits per heavy atom. The van der Waals surface area contributed by atoms with E-state index in [9.17, 15) is 13.2 Å². The number of halogens is 3. The average Bonchev–Trinajstić information content (AvgIpc) is 2.73. The molecular formula is C11H8F3NO. The van der Waals surface area contributed by atoms with E-state index in [4.69, 9.17) is 10.2 Å². The first-order chi connectivity index (χ1) is 7.61. The summed E-state index contributed by atoms with van der Waals surface area (Å²) in [6.07, 6.45) is 0. The Kier molecular flexibility index (Phi) is 2.70. The van der Waals surface area contributed by atoms with Gasteiger partial charge in [0.2, 0.25) is 0 Å². The lowest BCUT2D eigenvalue weighted by Crippen LogP contribution is -1.93. The van der Waals surface area contributed by atoms with Crippen LogP contribution in [0.1, 0.15) is 5.76 Å². The predicted molar refractivity (Wildman–Crippen MR) is 51.9 cm³/mol. The average molecular weight is 227 g/mol. The Morgan fingerprint density at radius 2 is 1.69 bits per heavy atom. The summed E-state index contributed by atoms with van der Waals surface area (Å²) in [5.41, 5.74) is 5.46. The molecular weight excluding hydrogens is 219 g/mol. The Bertz CT molecular complexity index is 499. The molecule has 0 bridgehead atoms. The van der Waals surface area contributed by atoms with Crippen LogP contribution in [0, 0.1) is 17.5 Å². The van der Waals surface area contributed by atoms with Crippen LogP contribution in [0.4, 0.5) is 13.2 Å². The van der Waals surface area contributed by atoms with Gasteiger partial charge in [-0.2, -0.15) is 0 Å². The quantitative estimate of drug-likeness (QED) is 0.801. The topological polar surface area (TPSA) is 39.2 Å². The van der Waals surface area contributed by atoms with E-state index in [2.05, 4.69) is 0 Å². The molecule has 0 fully saturated rings. The minimum Gasteiger partial charge on any atom is -0.460 e. The van der Waals surface area contributed by atoms with Crippen LogP contribution in [-0.4, -0.2) is 0 Å². The van der Waals surface area contributed by atoms with E-state index in [0.29, 0.717) is 5.76 Å². The number of nitrogens with two attached hydrogens (primary N) is 1. The lowest BCUT2D eigenvalue weighted by molar-refractivity contribution is 0.446. The van der Waals surface area contributed by atoms with Crippen molar-refractivity contribution in [1.29, 1.82) is 0 Å². The summed E-state index contributed by atoms with van der Waals surface area (Å²) >= 11 is 0. The fourth-order valence-electron chi connectivity index (χ4n) is 1.34. The second-order valence-electron chi connectivity index (χ2n) is 3.22. The molecule has 1 aromatic carbocycles. The molecule has 0 spiro atoms. The Morgan fingerprint density at radius 3 is 2.19 bits per heavy atom. The highest BCUT2D eigenvalue weighted by molar-refractivity contribution is 5.57. The molecule has 0 saturated carbocycles. The monoisotopic (exact) mass is 227 g/mol. The molecule has 0 atom stereocenters. The van der Waals surface area contributed by atoms with E-state index in [1.54, 1.807) is 6.07 Å². The van der Waals surface area contributed by atoms with Crippen molar-refractivity contribution in [1.82, 2.24) is 0 Å². The van der Waals surface area contributed by atoms with Gasteiger partial charge >= 0.3 is 0 Å². The highest BCUT2D eigenvalue weighted by atomic mass is 19.2. The zero-order chi connectivity index (χ0) is 11.7. The summed E-state index contributed by atoms with van der Waals surface area (Å²) < 4.78 is 43.8. The Hall–Kier alpha value is -1.75. The van der Waals surface area contributed by atoms with Crippen molar-refractivity contribution in [2.45, 2.75) is 6.54 Å². The summed E-state index contributed by atoms with van der Waals surface area (Å²) in [4.78, 5) is 0. The largest absolute Gasteiger partial charge is 0.460 e. The molecule has 0 amide bonds. The Balaban J connectivity index is 2.48. The highest BCUT2D eigenvalue weighted by Crippen LogP contribution is 2.25. The van der Waals surface area contributed by atoms with Crippen molar-refractivity contribution in [3.05, 3.63) is 47.5 Å². The smallest absolute Gasteiger partial charge is 0.194 e. The summed E-state index contributed by atoms with van der Waals surface area (Å²) in [7, 11) is 0. The van der Waals surface area contributed by atoms with Crippen LogP contribution < -0.4 is 5.73 Å². The predicted octanol–water partition coefficient (Wildman–Crippen LogP) is 2.82. The van der Waals surface area contributed by atoms with Crippen LogP contribution >= 0.6 is 0 Å². The van der Waals surface area contributed by atoms with Crippen molar-refractivity contribution in [3.8, 4) is 11.3 Å². The molecule has 5 heteroatoms. The first-order valence-corrected chi connectivity index (χ1v) is 4.55. The molecule has 2 N–H and O–H groups in total. The zero-order valence-corrected chi connectivity index (χ0v) is 8.14. The van der Waals surface area contributed by atoms with Gasteiger partial charge in [0.1, 0.15) is 11.5 Å². The third-order valence-corrected chi connectivity index (χ3v) is 2.13. The first kappa shape index (κ1) is 10.8. The summed E-state index contributed by atoms with van der Waals surface area (Å²) in [5, 5.41) is 0. The molecule has 1 heterocycles. The van der Waals surface area contributed by atoms with E-state index in [0.717, 1.165) is 12.1 Å². The fraction of sp³-hybridized carbons (Fsp3) is 0.0909. The molecule has 2 nitrogen and oxygen atoms in total. The molecule has 0 aliphatic heterocycles. The highest BCUT2D eigenvalue weighted by Gasteiger charge is 2.13. The number of benzene rings is 1. The third-order valence-electron chi connectivity index (χ3n) is 2.13. The fourth-order valence-corrected chi connectivity index (χ4v) is 1.34. The summed E-state index contributed by atoms with van der Waals surface area (Å²) in [6, 6.07) is 4.86. The van der Waals surface area contributed by atoms with Crippen LogP contribution in [0.15, 0.2) is 28.7 Å². The molecule has 2 aromatic rings. The third kappa shape index (κ3) is 1.81. The maximum Gasteiger partial charge on any atom is 0.194 e. The van der Waals surface area contributed by atoms with Gasteiger partial charge in [0.15, 0.2) is 17.5 Å². The van der Waals surface area contributed by atoms with Crippen LogP contribution in [-0.2, 0) is 6.54 Å². The molecule has 0 saturated heterocycles. The van der Waals surface area contributed by atoms with Gasteiger partial charge in [0, 0.05) is 5.56 Å². The Labute approximate surface area is 89.5 Å². The van der Waals surface area contributed by atoms with Crippen molar-refractivity contribution in [2.24, 2.45) is 5.73 Å². The van der Waals surface area contributed by atoms with Gasteiger partial charge in [-0.3, -0.25) is 0 Å². The van der Waals surface area contributed by atoms with Gasteiger partial charge in [-0.05, 0) is 24.3 Å². The van der Waals surface area contributed by atoms with Crippen molar-refractivity contribution in [2.75, 3.05) is 0 Å². The molecule has 16 heavy (non-hydrogen) atoms. The lowest BCUT2D eigenvalue weighted by atomic mass is 10.1. The second-order valence-corrected chi connectivity index (χ2v) is 3.22. The minimum atomic E-state index is -1.49. The van der Waals surface area contributed by atoms with E-state index < -0.39 is 17.5 Å². The van der Waals surface area contributed by atoms with Gasteiger partial charge in [-0.15, -0.1) is 0 Å². The number of rotatable bonds is 2. The molecule has 0 unspecified atom stereocenters. The maximum absolute atomic E-state index is 12.9. The summed E-state index contributed by atoms with van der Waals surface area (Å²) in [6.45, 7) is 0.187. The molecule has 84 valence electrons. The number of furan rings is 1. The van der Waals surface area contributed by atoms with Crippen molar-refractivity contribution in [3.63, 3.8) is 0 Å². The maximum atomic E-state index is 12.9. The van der Waals surface area contributed by atoms with Gasteiger partial charge in [-0.25, -0.2) is 13.2 Å². The summed E-state index contributed by atoms with van der Waals surface area (Å²) in [5.74, 6) is -3.26. The van der Waals surface area contributed by atoms with Crippen molar-refractivity contribution < 1.29 is 17.6 Å². The van der Waals surface area contributed by atoms with Gasteiger partial charge in [0.25, 0.3) is 0 Å². The lowest BCUT2D eigenvalue weighted by Gasteiger charge is -2.00. The number of hydrogen-bond acceptors (Lipinski definition) is 2. The zero-order valence-electron chi connectivity index (χ0n) is 8.14. The van der Waals surface area contributed by atoms with Crippen LogP contribution in [0.5, 0.6) is 0 Å². The molecule has 0 radical (unpaired) electrons. The van der Waals surface area contributed by atoms with E-state index >= 15 is 0 Å². The normalized spacial score (nSPS) is 10.8. The molecule has 0 aliphatic rings. The van der Waals surface area contributed by atoms with E-state index in [1.165, 1.54) is 6.07 Å². The number of hydrogen-bond donors (Lipinski definition) is 1. The first-order valence-electron chi connectivity index (χ1n) is 4.55. The molecule has 1 aromatic heterocycles. The molecule has 2 rings (SSSR count). The van der Waals surface area contributed by atoms with Crippen molar-refractivity contribution >= 4 is 0 Å². The second kappa shape index (κ2) is 4.02. The van der Waals surface area contributed by atoms with Crippen LogP contribution in [0.2, 0.25) is 0 Å². The van der Waals surface area contributed by atoms with E-state index in [-0.39, 0.29) is 17.9 Å². The minimum absolute atomic E-state index is 0.135. The SMILES string of the molecule is NCc1ccc(-c2cc(F)c(F)c(F)c2)o1. The van der Waals surface area contributed by atoms with Gasteiger partial charge in [-0.1, -0.05) is 0 Å². The van der Waals surface area contributed by atoms with Gasteiger partial charge < -0.3 is 10.2 Å². The van der Waals surface area contributed by atoms with Crippen LogP contribution in [0.25, 0.3) is 11.3 Å². The molecule has 0 aliphatic carbocycles. The van der Waals surface area contributed by atoms with Crippen LogP contribution in [0.3, 0.4) is 0 Å².